The van der Waals surface area contributed by atoms with Gasteiger partial charge in [0.1, 0.15) is 0 Å². The molecule has 0 aliphatic heterocycles. The normalized spacial score (nSPS) is 10.2. The van der Waals surface area contributed by atoms with Gasteiger partial charge in [0.25, 0.3) is 11.4 Å². The Morgan fingerprint density at radius 2 is 1.06 bits per heavy atom. The first-order chi connectivity index (χ1) is 14.7. The maximum atomic E-state index is 12.0. The zero-order chi connectivity index (χ0) is 23.0. The molecule has 2 aromatic carbocycles. The summed E-state index contributed by atoms with van der Waals surface area (Å²) in [6, 6.07) is 10.0. The standard InChI is InChI=1S/C20H16N2O9/c23-17(13-3-1-5-15(11-13)21(27)28)7-9-19(25)31-20(26)10-8-18(24)14-4-2-6-16(12-14)22(29)30/h1-6,11-12H,7-10H2. The molecular formula is C20H16N2O9. The summed E-state index contributed by atoms with van der Waals surface area (Å²) in [5.74, 6) is -3.03. The number of nitro groups is 2. The van der Waals surface area contributed by atoms with Gasteiger partial charge >= 0.3 is 11.9 Å². The van der Waals surface area contributed by atoms with Gasteiger partial charge in [0.15, 0.2) is 11.6 Å². The van der Waals surface area contributed by atoms with Crippen LogP contribution in [0.15, 0.2) is 48.5 Å². The molecule has 0 unspecified atom stereocenters. The van der Waals surface area contributed by atoms with Crippen molar-refractivity contribution in [3.8, 4) is 0 Å². The van der Waals surface area contributed by atoms with E-state index < -0.39 is 46.2 Å². The average molecular weight is 428 g/mol. The Morgan fingerprint density at radius 1 is 0.677 bits per heavy atom. The van der Waals surface area contributed by atoms with E-state index in [2.05, 4.69) is 4.74 Å². The van der Waals surface area contributed by atoms with Crippen LogP contribution in [0.1, 0.15) is 46.4 Å². The molecule has 0 saturated heterocycles. The molecule has 0 fully saturated rings. The van der Waals surface area contributed by atoms with Gasteiger partial charge in [-0.3, -0.25) is 39.4 Å². The van der Waals surface area contributed by atoms with Gasteiger partial charge in [0.05, 0.1) is 22.7 Å². The molecule has 2 aromatic rings. The van der Waals surface area contributed by atoms with Crippen molar-refractivity contribution in [1.82, 2.24) is 0 Å². The van der Waals surface area contributed by atoms with Crippen molar-refractivity contribution in [1.29, 1.82) is 0 Å². The number of hydrogen-bond acceptors (Lipinski definition) is 9. The number of carbonyl (C=O) groups excluding carboxylic acids is 4. The number of Topliss-reactive ketones (excluding diaryl/α,β-unsaturated/α-hetero) is 2. The lowest BCUT2D eigenvalue weighted by molar-refractivity contribution is -0.385. The number of hydrogen-bond donors (Lipinski definition) is 0. The van der Waals surface area contributed by atoms with Crippen LogP contribution in [-0.2, 0) is 14.3 Å². The Labute approximate surface area is 174 Å². The largest absolute Gasteiger partial charge is 0.393 e. The molecule has 0 spiro atoms. The molecule has 0 saturated carbocycles. The summed E-state index contributed by atoms with van der Waals surface area (Å²) < 4.78 is 4.55. The van der Waals surface area contributed by atoms with Crippen molar-refractivity contribution in [2.24, 2.45) is 0 Å². The van der Waals surface area contributed by atoms with Crippen LogP contribution in [0.5, 0.6) is 0 Å². The molecule has 31 heavy (non-hydrogen) atoms. The van der Waals surface area contributed by atoms with E-state index in [1.165, 1.54) is 36.4 Å². The van der Waals surface area contributed by atoms with Crippen molar-refractivity contribution in [3.63, 3.8) is 0 Å². The van der Waals surface area contributed by atoms with E-state index in [1.54, 1.807) is 0 Å². The Hall–Kier alpha value is -4.28. The van der Waals surface area contributed by atoms with Gasteiger partial charge < -0.3 is 4.74 Å². The summed E-state index contributed by atoms with van der Waals surface area (Å²) in [5.41, 5.74) is -0.430. The minimum Gasteiger partial charge on any atom is -0.393 e. The number of benzene rings is 2. The van der Waals surface area contributed by atoms with Gasteiger partial charge in [-0.1, -0.05) is 24.3 Å². The van der Waals surface area contributed by atoms with E-state index in [0.717, 1.165) is 12.1 Å². The molecule has 0 radical (unpaired) electrons. The third kappa shape index (κ3) is 6.92. The van der Waals surface area contributed by atoms with E-state index in [1.807, 2.05) is 0 Å². The number of ether oxygens (including phenoxy) is 1. The smallest absolute Gasteiger partial charge is 0.313 e. The number of esters is 2. The molecular weight excluding hydrogens is 412 g/mol. The van der Waals surface area contributed by atoms with E-state index in [0.29, 0.717) is 0 Å². The highest BCUT2D eigenvalue weighted by Crippen LogP contribution is 2.16. The average Bonchev–Trinajstić information content (AvgIpc) is 2.75. The second kappa shape index (κ2) is 10.5. The summed E-state index contributed by atoms with van der Waals surface area (Å²) in [6.45, 7) is 0. The third-order valence-electron chi connectivity index (χ3n) is 4.10. The monoisotopic (exact) mass is 428 g/mol. The Kier molecular flexibility index (Phi) is 7.78. The van der Waals surface area contributed by atoms with Crippen molar-refractivity contribution in [3.05, 3.63) is 79.9 Å². The van der Waals surface area contributed by atoms with Crippen molar-refractivity contribution < 1.29 is 33.8 Å². The van der Waals surface area contributed by atoms with Crippen LogP contribution in [-0.4, -0.2) is 33.4 Å². The number of rotatable bonds is 10. The third-order valence-corrected chi connectivity index (χ3v) is 4.10. The Morgan fingerprint density at radius 3 is 1.42 bits per heavy atom. The fourth-order valence-corrected chi connectivity index (χ4v) is 2.53. The van der Waals surface area contributed by atoms with Crippen LogP contribution in [0.3, 0.4) is 0 Å². The molecule has 0 atom stereocenters. The number of ketones is 2. The van der Waals surface area contributed by atoms with Crippen LogP contribution in [0, 0.1) is 20.2 Å². The predicted molar refractivity (Wildman–Crippen MR) is 104 cm³/mol. The molecule has 0 aliphatic carbocycles. The summed E-state index contributed by atoms with van der Waals surface area (Å²) in [4.78, 5) is 67.7. The second-order valence-corrected chi connectivity index (χ2v) is 6.31. The zero-order valence-electron chi connectivity index (χ0n) is 16.0. The fraction of sp³-hybridized carbons (Fsp3) is 0.200. The second-order valence-electron chi connectivity index (χ2n) is 6.31. The van der Waals surface area contributed by atoms with E-state index in [4.69, 9.17) is 0 Å². The summed E-state index contributed by atoms with van der Waals surface area (Å²) in [5, 5.41) is 21.5. The van der Waals surface area contributed by atoms with Gasteiger partial charge in [0.2, 0.25) is 0 Å². The summed E-state index contributed by atoms with van der Waals surface area (Å²) in [7, 11) is 0. The van der Waals surface area contributed by atoms with E-state index in [-0.39, 0.29) is 35.3 Å². The lowest BCUT2D eigenvalue weighted by Crippen LogP contribution is -2.15. The highest BCUT2D eigenvalue weighted by atomic mass is 16.6. The lowest BCUT2D eigenvalue weighted by Gasteiger charge is -2.04. The van der Waals surface area contributed by atoms with Crippen LogP contribution in [0.25, 0.3) is 0 Å². The van der Waals surface area contributed by atoms with Crippen molar-refractivity contribution in [2.75, 3.05) is 0 Å². The molecule has 0 aliphatic rings. The first-order valence-corrected chi connectivity index (χ1v) is 8.96. The van der Waals surface area contributed by atoms with Gasteiger partial charge in [-0.05, 0) is 0 Å². The van der Waals surface area contributed by atoms with E-state index >= 15 is 0 Å². The van der Waals surface area contributed by atoms with Crippen LogP contribution < -0.4 is 0 Å². The van der Waals surface area contributed by atoms with Crippen LogP contribution >= 0.6 is 0 Å². The molecule has 11 nitrogen and oxygen atoms in total. The van der Waals surface area contributed by atoms with Gasteiger partial charge in [-0.25, -0.2) is 0 Å². The first kappa shape index (κ1) is 23.0. The molecule has 0 heterocycles. The topological polar surface area (TPSA) is 164 Å². The number of nitrogens with zero attached hydrogens (tertiary/aromatic N) is 2. The first-order valence-electron chi connectivity index (χ1n) is 8.96. The van der Waals surface area contributed by atoms with Gasteiger partial charge in [0, 0.05) is 48.2 Å². The van der Waals surface area contributed by atoms with Gasteiger partial charge in [-0.2, -0.15) is 0 Å². The Balaban J connectivity index is 1.80. The van der Waals surface area contributed by atoms with E-state index in [9.17, 15) is 39.4 Å². The highest BCUT2D eigenvalue weighted by molar-refractivity contribution is 6.00. The molecule has 0 N–H and O–H groups in total. The molecule has 0 aromatic heterocycles. The summed E-state index contributed by atoms with van der Waals surface area (Å²) >= 11 is 0. The predicted octanol–water partition coefficient (Wildman–Crippen LogP) is 3.20. The van der Waals surface area contributed by atoms with Crippen LogP contribution in [0.4, 0.5) is 11.4 Å². The zero-order valence-corrected chi connectivity index (χ0v) is 16.0. The molecule has 160 valence electrons. The SMILES string of the molecule is O=C(CCC(=O)c1cccc([N+](=O)[O-])c1)OC(=O)CCC(=O)c1cccc([N+](=O)[O-])c1. The molecule has 0 bridgehead atoms. The fourth-order valence-electron chi connectivity index (χ4n) is 2.53. The molecule has 0 amide bonds. The van der Waals surface area contributed by atoms with Gasteiger partial charge in [-0.15, -0.1) is 0 Å². The van der Waals surface area contributed by atoms with Crippen molar-refractivity contribution in [2.45, 2.75) is 25.7 Å². The number of carbonyl (C=O) groups is 4. The molecule has 11 heteroatoms. The van der Waals surface area contributed by atoms with Crippen molar-refractivity contribution >= 4 is 34.9 Å². The maximum Gasteiger partial charge on any atom is 0.313 e. The molecule has 2 rings (SSSR count). The quantitative estimate of drug-likeness (QED) is 0.182. The maximum absolute atomic E-state index is 12.0. The minimum absolute atomic E-state index is 0.0517. The van der Waals surface area contributed by atoms with Crippen LogP contribution in [0.2, 0.25) is 0 Å². The number of non-ortho nitro benzene ring substituents is 2. The minimum atomic E-state index is -0.980. The Bertz CT molecular complexity index is 979. The summed E-state index contributed by atoms with van der Waals surface area (Å²) in [6.07, 6.45) is -1.49. The number of nitro benzene ring substituents is 2. The highest BCUT2D eigenvalue weighted by Gasteiger charge is 2.18. The lowest BCUT2D eigenvalue weighted by atomic mass is 10.1.